The van der Waals surface area contributed by atoms with Crippen molar-refractivity contribution in [2.45, 2.75) is 32.1 Å². The van der Waals surface area contributed by atoms with Gasteiger partial charge in [0.15, 0.2) is 0 Å². The molecule has 0 unspecified atom stereocenters. The van der Waals surface area contributed by atoms with Gasteiger partial charge in [0.25, 0.3) is 0 Å². The van der Waals surface area contributed by atoms with Crippen LogP contribution < -0.4 is 0 Å². The number of hydrogen-bond acceptors (Lipinski definition) is 0. The van der Waals surface area contributed by atoms with E-state index >= 15 is 0 Å². The predicted octanol–water partition coefficient (Wildman–Crippen LogP) is 4.92. The van der Waals surface area contributed by atoms with Crippen molar-refractivity contribution in [1.82, 2.24) is 0 Å². The molecule has 0 aliphatic heterocycles. The second-order valence-electron chi connectivity index (χ2n) is 4.65. The zero-order valence-electron chi connectivity index (χ0n) is 9.91. The summed E-state index contributed by atoms with van der Waals surface area (Å²) in [7, 11) is 0. The summed E-state index contributed by atoms with van der Waals surface area (Å²) in [6.45, 7) is 8.19. The summed E-state index contributed by atoms with van der Waals surface area (Å²) in [5, 5.41) is 0. The Hall–Kier alpha value is -1.30. The van der Waals surface area contributed by atoms with E-state index in [1.165, 1.54) is 48.8 Å². The van der Waals surface area contributed by atoms with Gasteiger partial charge < -0.3 is 0 Å². The van der Waals surface area contributed by atoms with Crippen LogP contribution in [0.1, 0.15) is 43.2 Å². The molecule has 0 radical (unpaired) electrons. The fourth-order valence-electron chi connectivity index (χ4n) is 2.64. The fraction of sp³-hybridized carbons (Fsp3) is 0.375. The Kier molecular flexibility index (Phi) is 3.61. The normalized spacial score (nSPS) is 17.0. The van der Waals surface area contributed by atoms with Gasteiger partial charge in [-0.2, -0.15) is 0 Å². The Bertz CT molecular complexity index is 381. The zero-order chi connectivity index (χ0) is 11.4. The molecule has 0 bridgehead atoms. The minimum Gasteiger partial charge on any atom is -0.0984 e. The van der Waals surface area contributed by atoms with Gasteiger partial charge in [-0.3, -0.25) is 0 Å². The Labute approximate surface area is 98.7 Å². The summed E-state index contributed by atoms with van der Waals surface area (Å²) in [6.07, 6.45) is 8.67. The van der Waals surface area contributed by atoms with Gasteiger partial charge in [0, 0.05) is 0 Å². The van der Waals surface area contributed by atoms with E-state index in [4.69, 9.17) is 0 Å². The van der Waals surface area contributed by atoms with E-state index in [-0.39, 0.29) is 0 Å². The largest absolute Gasteiger partial charge is 0.0984 e. The van der Waals surface area contributed by atoms with Crippen LogP contribution in [0.5, 0.6) is 0 Å². The van der Waals surface area contributed by atoms with Crippen molar-refractivity contribution in [2.75, 3.05) is 0 Å². The van der Waals surface area contributed by atoms with Crippen molar-refractivity contribution >= 4 is 11.6 Å². The molecule has 0 atom stereocenters. The maximum atomic E-state index is 4.31. The third-order valence-corrected chi connectivity index (χ3v) is 3.62. The molecule has 0 saturated heterocycles. The first-order chi connectivity index (χ1) is 7.83. The molecular formula is C16H20. The van der Waals surface area contributed by atoms with Crippen molar-refractivity contribution in [1.29, 1.82) is 0 Å². The van der Waals surface area contributed by atoms with E-state index < -0.39 is 0 Å². The number of hydrogen-bond donors (Lipinski definition) is 0. The van der Waals surface area contributed by atoms with Gasteiger partial charge in [-0.1, -0.05) is 62.8 Å². The second-order valence-corrected chi connectivity index (χ2v) is 4.65. The summed E-state index contributed by atoms with van der Waals surface area (Å²) < 4.78 is 0. The Morgan fingerprint density at radius 2 is 1.81 bits per heavy atom. The minimum atomic E-state index is 0.690. The van der Waals surface area contributed by atoms with Crippen LogP contribution in [-0.2, 0) is 0 Å². The second kappa shape index (κ2) is 5.16. The van der Waals surface area contributed by atoms with Gasteiger partial charge in [0.05, 0.1) is 0 Å². The maximum Gasteiger partial charge on any atom is -0.0155 e. The zero-order valence-corrected chi connectivity index (χ0v) is 9.91. The van der Waals surface area contributed by atoms with Gasteiger partial charge in [0.1, 0.15) is 0 Å². The third-order valence-electron chi connectivity index (χ3n) is 3.62. The monoisotopic (exact) mass is 212 g/mol. The quantitative estimate of drug-likeness (QED) is 0.667. The van der Waals surface area contributed by atoms with Gasteiger partial charge >= 0.3 is 0 Å². The van der Waals surface area contributed by atoms with Crippen molar-refractivity contribution in [3.05, 3.63) is 48.6 Å². The smallest absolute Gasteiger partial charge is 0.0155 e. The molecule has 0 spiro atoms. The fourth-order valence-corrected chi connectivity index (χ4v) is 2.64. The van der Waals surface area contributed by atoms with Crippen LogP contribution in [0, 0.1) is 5.92 Å². The highest BCUT2D eigenvalue weighted by Crippen LogP contribution is 2.35. The molecule has 2 rings (SSSR count). The van der Waals surface area contributed by atoms with E-state index in [0.29, 0.717) is 5.92 Å². The molecule has 16 heavy (non-hydrogen) atoms. The van der Waals surface area contributed by atoms with Gasteiger partial charge in [-0.25, -0.2) is 0 Å². The Balaban J connectivity index is 2.22. The van der Waals surface area contributed by atoms with Crippen LogP contribution >= 0.6 is 0 Å². The van der Waals surface area contributed by atoms with E-state index in [2.05, 4.69) is 37.4 Å². The highest BCUT2D eigenvalue weighted by molar-refractivity contribution is 5.73. The lowest BCUT2D eigenvalue weighted by Gasteiger charge is -2.24. The Morgan fingerprint density at radius 3 is 2.50 bits per heavy atom. The minimum absolute atomic E-state index is 0.690. The van der Waals surface area contributed by atoms with Crippen LogP contribution in [0.4, 0.5) is 0 Å². The molecule has 1 aliphatic carbocycles. The lowest BCUT2D eigenvalue weighted by molar-refractivity contribution is 0.430. The van der Waals surface area contributed by atoms with Crippen LogP contribution in [0.2, 0.25) is 0 Å². The first kappa shape index (κ1) is 11.2. The molecule has 0 amide bonds. The summed E-state index contributed by atoms with van der Waals surface area (Å²) in [5.41, 5.74) is 3.83. The average molecular weight is 212 g/mol. The first-order valence-corrected chi connectivity index (χ1v) is 6.23. The molecule has 1 aliphatic rings. The molecule has 0 heterocycles. The molecule has 0 N–H and O–H groups in total. The van der Waals surface area contributed by atoms with E-state index in [1.807, 2.05) is 6.08 Å². The molecular weight excluding hydrogens is 192 g/mol. The van der Waals surface area contributed by atoms with Crippen molar-refractivity contribution < 1.29 is 0 Å². The SMILES string of the molecule is C=Cc1ccccc1C(=C)C1CCCCC1. The molecule has 1 fully saturated rings. The summed E-state index contributed by atoms with van der Waals surface area (Å²) in [4.78, 5) is 0. The van der Waals surface area contributed by atoms with E-state index in [9.17, 15) is 0 Å². The highest BCUT2D eigenvalue weighted by atomic mass is 14.2. The average Bonchev–Trinajstić information content (AvgIpc) is 2.39. The molecule has 1 aromatic rings. The predicted molar refractivity (Wildman–Crippen MR) is 72.1 cm³/mol. The molecule has 0 nitrogen and oxygen atoms in total. The summed E-state index contributed by atoms with van der Waals surface area (Å²) >= 11 is 0. The standard InChI is InChI=1S/C16H20/c1-3-14-9-7-8-12-16(14)13(2)15-10-5-4-6-11-15/h3,7-9,12,15H,1-2,4-6,10-11H2. The van der Waals surface area contributed by atoms with Gasteiger partial charge in [0.2, 0.25) is 0 Å². The van der Waals surface area contributed by atoms with Crippen LogP contribution in [0.15, 0.2) is 37.4 Å². The molecule has 0 heteroatoms. The summed E-state index contributed by atoms with van der Waals surface area (Å²) in [5.74, 6) is 0.690. The molecule has 1 aromatic carbocycles. The van der Waals surface area contributed by atoms with Gasteiger partial charge in [-0.15, -0.1) is 0 Å². The summed E-state index contributed by atoms with van der Waals surface area (Å²) in [6, 6.07) is 8.45. The van der Waals surface area contributed by atoms with Crippen molar-refractivity contribution in [3.8, 4) is 0 Å². The first-order valence-electron chi connectivity index (χ1n) is 6.23. The molecule has 1 saturated carbocycles. The molecule has 0 aromatic heterocycles. The lowest BCUT2D eigenvalue weighted by Crippen LogP contribution is -2.08. The number of allylic oxidation sites excluding steroid dienone is 1. The number of benzene rings is 1. The number of rotatable bonds is 3. The maximum absolute atomic E-state index is 4.31. The van der Waals surface area contributed by atoms with Crippen LogP contribution in [-0.4, -0.2) is 0 Å². The van der Waals surface area contributed by atoms with E-state index in [0.717, 1.165) is 0 Å². The van der Waals surface area contributed by atoms with Crippen LogP contribution in [0.3, 0.4) is 0 Å². The topological polar surface area (TPSA) is 0 Å². The Morgan fingerprint density at radius 1 is 1.12 bits per heavy atom. The van der Waals surface area contributed by atoms with Crippen molar-refractivity contribution in [3.63, 3.8) is 0 Å². The van der Waals surface area contributed by atoms with Crippen LogP contribution in [0.25, 0.3) is 11.6 Å². The molecule has 84 valence electrons. The lowest BCUT2D eigenvalue weighted by atomic mass is 9.80. The van der Waals surface area contributed by atoms with Crippen molar-refractivity contribution in [2.24, 2.45) is 5.92 Å². The van der Waals surface area contributed by atoms with Gasteiger partial charge in [-0.05, 0) is 35.5 Å². The highest BCUT2D eigenvalue weighted by Gasteiger charge is 2.18. The van der Waals surface area contributed by atoms with E-state index in [1.54, 1.807) is 0 Å². The third kappa shape index (κ3) is 2.27.